The summed E-state index contributed by atoms with van der Waals surface area (Å²) in [6.07, 6.45) is 7.15. The highest BCUT2D eigenvalue weighted by molar-refractivity contribution is 14.1. The first-order chi connectivity index (χ1) is 7.79. The molecule has 0 aliphatic heterocycles. The Morgan fingerprint density at radius 1 is 0.938 bits per heavy atom. The molecule has 0 aromatic carbocycles. The molecule has 1 aromatic rings. The fraction of sp³-hybridized carbons (Fsp3) is 0.833. The molecule has 4 aliphatic carbocycles. The van der Waals surface area contributed by atoms with Crippen LogP contribution < -0.4 is 0 Å². The first kappa shape index (κ1) is 9.85. The van der Waals surface area contributed by atoms with Gasteiger partial charge in [0.05, 0.1) is 0 Å². The maximum Gasteiger partial charge on any atom is 0.278 e. The molecule has 3 nitrogen and oxygen atoms in total. The Labute approximate surface area is 109 Å². The molecule has 0 atom stereocenters. The Hall–Kier alpha value is -0.130. The third-order valence-corrected chi connectivity index (χ3v) is 5.36. The first-order valence-electron chi connectivity index (χ1n) is 6.28. The van der Waals surface area contributed by atoms with Gasteiger partial charge in [-0.2, -0.15) is 0 Å². The van der Waals surface area contributed by atoms with E-state index in [1.54, 1.807) is 0 Å². The van der Waals surface area contributed by atoms with Crippen molar-refractivity contribution in [2.24, 2.45) is 23.7 Å². The molecule has 4 aliphatic rings. The van der Waals surface area contributed by atoms with Crippen molar-refractivity contribution in [3.05, 3.63) is 9.79 Å². The molecule has 0 radical (unpaired) electrons. The van der Waals surface area contributed by atoms with Gasteiger partial charge >= 0.3 is 0 Å². The van der Waals surface area contributed by atoms with Gasteiger partial charge in [0.1, 0.15) is 0 Å². The lowest BCUT2D eigenvalue weighted by molar-refractivity contribution is -0.0117. The standard InChI is InChI=1S/C12H15IN2O/c13-12-15-14-11(16-12)10-8-2-6-1-7(4-8)5-9(10)3-6/h6-10H,1-5H2. The van der Waals surface area contributed by atoms with Gasteiger partial charge in [-0.05, 0) is 55.8 Å². The van der Waals surface area contributed by atoms with Gasteiger partial charge in [0.2, 0.25) is 5.89 Å². The second-order valence-corrected chi connectivity index (χ2v) is 6.77. The topological polar surface area (TPSA) is 38.9 Å². The number of hydrogen-bond donors (Lipinski definition) is 0. The lowest BCUT2D eigenvalue weighted by atomic mass is 9.52. The van der Waals surface area contributed by atoms with E-state index < -0.39 is 0 Å². The van der Waals surface area contributed by atoms with Crippen LogP contribution in [0.2, 0.25) is 0 Å². The zero-order chi connectivity index (χ0) is 10.7. The van der Waals surface area contributed by atoms with Crippen molar-refractivity contribution in [3.8, 4) is 0 Å². The van der Waals surface area contributed by atoms with Crippen LogP contribution in [0.25, 0.3) is 0 Å². The van der Waals surface area contributed by atoms with Gasteiger partial charge in [0.15, 0.2) is 0 Å². The first-order valence-corrected chi connectivity index (χ1v) is 7.36. The lowest BCUT2D eigenvalue weighted by Crippen LogP contribution is -2.43. The van der Waals surface area contributed by atoms with E-state index in [0.29, 0.717) is 9.82 Å². The predicted molar refractivity (Wildman–Crippen MR) is 66.8 cm³/mol. The molecule has 4 fully saturated rings. The Kier molecular flexibility index (Phi) is 2.11. The van der Waals surface area contributed by atoms with E-state index >= 15 is 0 Å². The molecular weight excluding hydrogens is 315 g/mol. The van der Waals surface area contributed by atoms with E-state index in [9.17, 15) is 0 Å². The van der Waals surface area contributed by atoms with Crippen molar-refractivity contribution in [1.29, 1.82) is 0 Å². The van der Waals surface area contributed by atoms with Gasteiger partial charge in [-0.1, -0.05) is 0 Å². The second-order valence-electron chi connectivity index (χ2n) is 5.85. The minimum absolute atomic E-state index is 0.587. The van der Waals surface area contributed by atoms with Crippen LogP contribution in [-0.4, -0.2) is 10.2 Å². The third-order valence-electron chi connectivity index (χ3n) is 4.93. The van der Waals surface area contributed by atoms with Crippen LogP contribution in [0.4, 0.5) is 0 Å². The van der Waals surface area contributed by atoms with E-state index in [0.717, 1.165) is 29.6 Å². The van der Waals surface area contributed by atoms with Gasteiger partial charge in [-0.15, -0.1) is 10.2 Å². The Bertz CT molecular complexity index is 389. The van der Waals surface area contributed by atoms with E-state index in [-0.39, 0.29) is 0 Å². The molecule has 0 saturated heterocycles. The number of rotatable bonds is 1. The van der Waals surface area contributed by atoms with E-state index in [1.807, 2.05) is 0 Å². The second kappa shape index (κ2) is 3.43. The number of aromatic nitrogens is 2. The Morgan fingerprint density at radius 2 is 1.56 bits per heavy atom. The Morgan fingerprint density at radius 3 is 2.06 bits per heavy atom. The lowest BCUT2D eigenvalue weighted by Gasteiger charge is -2.53. The highest BCUT2D eigenvalue weighted by atomic mass is 127. The smallest absolute Gasteiger partial charge is 0.278 e. The fourth-order valence-corrected chi connectivity index (χ4v) is 5.01. The minimum atomic E-state index is 0.587. The monoisotopic (exact) mass is 330 g/mol. The number of hydrogen-bond acceptors (Lipinski definition) is 3. The quantitative estimate of drug-likeness (QED) is 0.742. The molecule has 0 spiro atoms. The van der Waals surface area contributed by atoms with Crippen molar-refractivity contribution in [3.63, 3.8) is 0 Å². The van der Waals surface area contributed by atoms with Gasteiger partial charge in [-0.3, -0.25) is 0 Å². The largest absolute Gasteiger partial charge is 0.416 e. The maximum absolute atomic E-state index is 5.67. The van der Waals surface area contributed by atoms with Crippen LogP contribution in [0.15, 0.2) is 4.42 Å². The van der Waals surface area contributed by atoms with Crippen LogP contribution in [0.3, 0.4) is 0 Å². The predicted octanol–water partition coefficient (Wildman–Crippen LogP) is 3.21. The van der Waals surface area contributed by atoms with Crippen molar-refractivity contribution < 1.29 is 4.42 Å². The van der Waals surface area contributed by atoms with Crippen LogP contribution in [-0.2, 0) is 0 Å². The van der Waals surface area contributed by atoms with Crippen LogP contribution >= 0.6 is 22.6 Å². The van der Waals surface area contributed by atoms with Crippen LogP contribution in [0.1, 0.15) is 43.9 Å². The zero-order valence-corrected chi connectivity index (χ0v) is 11.3. The van der Waals surface area contributed by atoms with Gasteiger partial charge in [-0.25, -0.2) is 0 Å². The van der Waals surface area contributed by atoms with E-state index in [1.165, 1.54) is 32.1 Å². The zero-order valence-electron chi connectivity index (χ0n) is 9.10. The summed E-state index contributed by atoms with van der Waals surface area (Å²) in [7, 11) is 0. The maximum atomic E-state index is 5.67. The van der Waals surface area contributed by atoms with Gasteiger partial charge < -0.3 is 4.42 Å². The summed E-state index contributed by atoms with van der Waals surface area (Å²) in [6.45, 7) is 0. The fourth-order valence-electron chi connectivity index (χ4n) is 4.68. The summed E-state index contributed by atoms with van der Waals surface area (Å²) in [5.74, 6) is 5.23. The molecule has 0 amide bonds. The van der Waals surface area contributed by atoms with Crippen molar-refractivity contribution >= 4 is 22.6 Å². The van der Waals surface area contributed by atoms with Crippen molar-refractivity contribution in [2.45, 2.75) is 38.0 Å². The molecule has 5 rings (SSSR count). The van der Waals surface area contributed by atoms with Crippen LogP contribution in [0.5, 0.6) is 0 Å². The highest BCUT2D eigenvalue weighted by Gasteiger charge is 2.50. The summed E-state index contributed by atoms with van der Waals surface area (Å²) >= 11 is 2.11. The van der Waals surface area contributed by atoms with Gasteiger partial charge in [0.25, 0.3) is 3.90 Å². The molecule has 86 valence electrons. The van der Waals surface area contributed by atoms with Gasteiger partial charge in [0, 0.05) is 28.5 Å². The third kappa shape index (κ3) is 1.38. The molecule has 4 bridgehead atoms. The molecular formula is C12H15IN2O. The summed E-state index contributed by atoms with van der Waals surface area (Å²) in [5.41, 5.74) is 0. The molecule has 4 saturated carbocycles. The summed E-state index contributed by atoms with van der Waals surface area (Å²) < 4.78 is 6.37. The minimum Gasteiger partial charge on any atom is -0.416 e. The average Bonchev–Trinajstić information content (AvgIpc) is 2.63. The van der Waals surface area contributed by atoms with E-state index in [2.05, 4.69) is 32.8 Å². The van der Waals surface area contributed by atoms with E-state index in [4.69, 9.17) is 4.42 Å². The summed E-state index contributed by atoms with van der Waals surface area (Å²) in [4.78, 5) is 0. The average molecular weight is 330 g/mol. The SMILES string of the molecule is Ic1nnc(C2C3CC4CC(C3)CC2C4)o1. The molecule has 16 heavy (non-hydrogen) atoms. The number of nitrogens with zero attached hydrogens (tertiary/aromatic N) is 2. The van der Waals surface area contributed by atoms with Crippen molar-refractivity contribution in [1.82, 2.24) is 10.2 Å². The normalized spacial score (nSPS) is 45.2. The summed E-state index contributed by atoms with van der Waals surface area (Å²) in [6, 6.07) is 0. The highest BCUT2D eigenvalue weighted by Crippen LogP contribution is 2.59. The Balaban J connectivity index is 1.69. The molecule has 1 aromatic heterocycles. The van der Waals surface area contributed by atoms with Crippen LogP contribution in [0, 0.1) is 27.6 Å². The molecule has 4 heteroatoms. The summed E-state index contributed by atoms with van der Waals surface area (Å²) in [5, 5.41) is 8.26. The number of halogens is 1. The molecule has 0 unspecified atom stereocenters. The molecule has 1 heterocycles. The van der Waals surface area contributed by atoms with Crippen molar-refractivity contribution in [2.75, 3.05) is 0 Å². The molecule has 0 N–H and O–H groups in total.